The highest BCUT2D eigenvalue weighted by molar-refractivity contribution is 5.91. The molecule has 1 aliphatic heterocycles. The average molecular weight is 370 g/mol. The molecule has 1 unspecified atom stereocenters. The lowest BCUT2D eigenvalue weighted by Crippen LogP contribution is -2.46. The van der Waals surface area contributed by atoms with Crippen LogP contribution in [0.1, 0.15) is 42.4 Å². The first-order chi connectivity index (χ1) is 13.0. The van der Waals surface area contributed by atoms with E-state index in [4.69, 9.17) is 9.15 Å². The van der Waals surface area contributed by atoms with Gasteiger partial charge in [0.05, 0.1) is 12.3 Å². The highest BCUT2D eigenvalue weighted by Gasteiger charge is 2.33. The third kappa shape index (κ3) is 4.81. The Kier molecular flexibility index (Phi) is 5.69. The van der Waals surface area contributed by atoms with Crippen LogP contribution in [0.15, 0.2) is 52.1 Å². The molecule has 1 aromatic heterocycles. The molecule has 0 saturated heterocycles. The van der Waals surface area contributed by atoms with Crippen molar-refractivity contribution in [3.8, 4) is 5.75 Å². The van der Waals surface area contributed by atoms with Crippen molar-refractivity contribution in [3.05, 3.63) is 54.0 Å². The number of hydrogen-bond acceptors (Lipinski definition) is 4. The summed E-state index contributed by atoms with van der Waals surface area (Å²) < 4.78 is 11.1. The molecule has 2 heterocycles. The molecular formula is C20H26N4O3. The van der Waals surface area contributed by atoms with Gasteiger partial charge in [-0.2, -0.15) is 0 Å². The van der Waals surface area contributed by atoms with E-state index in [1.807, 2.05) is 18.2 Å². The fourth-order valence-electron chi connectivity index (χ4n) is 3.14. The van der Waals surface area contributed by atoms with Gasteiger partial charge in [0.1, 0.15) is 11.4 Å². The Balaban J connectivity index is 1.54. The van der Waals surface area contributed by atoms with Gasteiger partial charge >= 0.3 is 0 Å². The first-order valence-electron chi connectivity index (χ1n) is 9.05. The van der Waals surface area contributed by atoms with E-state index < -0.39 is 0 Å². The Labute approximate surface area is 159 Å². The molecule has 1 atom stereocenters. The fraction of sp³-hybridized carbons (Fsp3) is 0.400. The highest BCUT2D eigenvalue weighted by atomic mass is 16.5. The van der Waals surface area contributed by atoms with E-state index in [-0.39, 0.29) is 17.6 Å². The molecule has 0 saturated carbocycles. The van der Waals surface area contributed by atoms with Gasteiger partial charge in [0.25, 0.3) is 5.91 Å². The number of benzene rings is 1. The quantitative estimate of drug-likeness (QED) is 0.428. The van der Waals surface area contributed by atoms with Crippen molar-refractivity contribution in [2.45, 2.75) is 31.9 Å². The number of aliphatic imine (C=N–C) groups is 1. The molecule has 2 aromatic rings. The lowest BCUT2D eigenvalue weighted by molar-refractivity contribution is 0.0694. The largest absolute Gasteiger partial charge is 0.487 e. The van der Waals surface area contributed by atoms with E-state index in [9.17, 15) is 4.79 Å². The number of nitrogens with zero attached hydrogens (tertiary/aromatic N) is 1. The average Bonchev–Trinajstić information content (AvgIpc) is 3.17. The van der Waals surface area contributed by atoms with Crippen LogP contribution in [0, 0.1) is 0 Å². The summed E-state index contributed by atoms with van der Waals surface area (Å²) in [5, 5.41) is 9.49. The lowest BCUT2D eigenvalue weighted by Gasteiger charge is -2.38. The van der Waals surface area contributed by atoms with Gasteiger partial charge in [-0.15, -0.1) is 0 Å². The smallest absolute Gasteiger partial charge is 0.287 e. The van der Waals surface area contributed by atoms with E-state index in [1.165, 1.54) is 6.26 Å². The maximum absolute atomic E-state index is 11.9. The second-order valence-corrected chi connectivity index (χ2v) is 7.03. The third-order valence-corrected chi connectivity index (χ3v) is 4.36. The normalized spacial score (nSPS) is 18.2. The number of hydrogen-bond donors (Lipinski definition) is 3. The SMILES string of the molecule is CN=C(NCCNC(=O)c1ccco1)NC1CC(C)(C)Oc2ccccc21. The van der Waals surface area contributed by atoms with Crippen LogP contribution < -0.4 is 20.7 Å². The van der Waals surface area contributed by atoms with Gasteiger partial charge in [-0.1, -0.05) is 18.2 Å². The molecule has 1 amide bonds. The van der Waals surface area contributed by atoms with Crippen molar-refractivity contribution in [2.24, 2.45) is 4.99 Å². The van der Waals surface area contributed by atoms with Crippen LogP contribution in [0.5, 0.6) is 5.75 Å². The second-order valence-electron chi connectivity index (χ2n) is 7.03. The lowest BCUT2D eigenvalue weighted by atomic mass is 9.90. The van der Waals surface area contributed by atoms with Crippen molar-refractivity contribution < 1.29 is 13.9 Å². The molecule has 27 heavy (non-hydrogen) atoms. The second kappa shape index (κ2) is 8.16. The molecule has 0 spiro atoms. The summed E-state index contributed by atoms with van der Waals surface area (Å²) >= 11 is 0. The molecular weight excluding hydrogens is 344 g/mol. The van der Waals surface area contributed by atoms with Gasteiger partial charge in [0, 0.05) is 32.1 Å². The van der Waals surface area contributed by atoms with E-state index in [1.54, 1.807) is 19.2 Å². The van der Waals surface area contributed by atoms with E-state index in [0.717, 1.165) is 17.7 Å². The number of fused-ring (bicyclic) bond motifs is 1. The maximum atomic E-state index is 11.9. The highest BCUT2D eigenvalue weighted by Crippen LogP contribution is 2.39. The zero-order valence-electron chi connectivity index (χ0n) is 15.9. The van der Waals surface area contributed by atoms with Crippen LogP contribution in [0.3, 0.4) is 0 Å². The summed E-state index contributed by atoms with van der Waals surface area (Å²) in [5.74, 6) is 1.65. The number of guanidine groups is 1. The summed E-state index contributed by atoms with van der Waals surface area (Å²) in [6.45, 7) is 5.16. The van der Waals surface area contributed by atoms with Crippen LogP contribution in [0.4, 0.5) is 0 Å². The summed E-state index contributed by atoms with van der Waals surface area (Å²) in [6.07, 6.45) is 2.30. The minimum Gasteiger partial charge on any atom is -0.487 e. The van der Waals surface area contributed by atoms with Gasteiger partial charge in [0.2, 0.25) is 0 Å². The molecule has 0 radical (unpaired) electrons. The summed E-state index contributed by atoms with van der Waals surface area (Å²) in [7, 11) is 1.73. The number of para-hydroxylation sites is 1. The maximum Gasteiger partial charge on any atom is 0.287 e. The van der Waals surface area contributed by atoms with Crippen molar-refractivity contribution in [3.63, 3.8) is 0 Å². The number of carbonyl (C=O) groups is 1. The van der Waals surface area contributed by atoms with Crippen LogP contribution in [-0.4, -0.2) is 37.6 Å². The van der Waals surface area contributed by atoms with Crippen LogP contribution in [0.25, 0.3) is 0 Å². The summed E-state index contributed by atoms with van der Waals surface area (Å²) in [5.41, 5.74) is 0.855. The molecule has 144 valence electrons. The summed E-state index contributed by atoms with van der Waals surface area (Å²) in [4.78, 5) is 16.1. The molecule has 0 aliphatic carbocycles. The molecule has 1 aliphatic rings. The Hall–Kier alpha value is -2.96. The first kappa shape index (κ1) is 18.8. The minimum absolute atomic E-state index is 0.0915. The van der Waals surface area contributed by atoms with E-state index in [0.29, 0.717) is 24.8 Å². The monoisotopic (exact) mass is 370 g/mol. The molecule has 7 nitrogen and oxygen atoms in total. The van der Waals surface area contributed by atoms with E-state index in [2.05, 4.69) is 40.9 Å². The predicted octanol–water partition coefficient (Wildman–Crippen LogP) is 2.48. The van der Waals surface area contributed by atoms with Crippen molar-refractivity contribution in [1.29, 1.82) is 0 Å². The van der Waals surface area contributed by atoms with Crippen molar-refractivity contribution in [1.82, 2.24) is 16.0 Å². The molecule has 0 fully saturated rings. The Morgan fingerprint density at radius 3 is 2.70 bits per heavy atom. The number of nitrogens with one attached hydrogen (secondary N) is 3. The van der Waals surface area contributed by atoms with Crippen LogP contribution >= 0.6 is 0 Å². The number of rotatable bonds is 5. The minimum atomic E-state index is -0.262. The Bertz CT molecular complexity index is 799. The summed E-state index contributed by atoms with van der Waals surface area (Å²) in [6, 6.07) is 11.5. The zero-order valence-corrected chi connectivity index (χ0v) is 15.9. The molecule has 1 aromatic carbocycles. The van der Waals surface area contributed by atoms with Gasteiger partial charge < -0.3 is 25.1 Å². The molecule has 3 N–H and O–H groups in total. The molecule has 7 heteroatoms. The number of carbonyl (C=O) groups excluding carboxylic acids is 1. The van der Waals surface area contributed by atoms with Gasteiger partial charge in [0.15, 0.2) is 11.7 Å². The number of amides is 1. The first-order valence-corrected chi connectivity index (χ1v) is 9.05. The predicted molar refractivity (Wildman–Crippen MR) is 104 cm³/mol. The topological polar surface area (TPSA) is 87.9 Å². The Morgan fingerprint density at radius 2 is 1.96 bits per heavy atom. The third-order valence-electron chi connectivity index (χ3n) is 4.36. The van der Waals surface area contributed by atoms with Gasteiger partial charge in [-0.3, -0.25) is 9.79 Å². The number of furan rings is 1. The van der Waals surface area contributed by atoms with Crippen LogP contribution in [-0.2, 0) is 0 Å². The van der Waals surface area contributed by atoms with Gasteiger partial charge in [-0.05, 0) is 32.0 Å². The standard InChI is InChI=1S/C20H26N4O3/c1-20(2)13-15(14-7-4-5-8-16(14)27-20)24-19(21-3)23-11-10-22-18(25)17-9-6-12-26-17/h4-9,12,15H,10-11,13H2,1-3H3,(H,22,25)(H2,21,23,24). The fourth-order valence-corrected chi connectivity index (χ4v) is 3.14. The molecule has 0 bridgehead atoms. The number of ether oxygens (including phenoxy) is 1. The Morgan fingerprint density at radius 1 is 1.19 bits per heavy atom. The van der Waals surface area contributed by atoms with Crippen molar-refractivity contribution in [2.75, 3.05) is 20.1 Å². The van der Waals surface area contributed by atoms with E-state index >= 15 is 0 Å². The molecule has 3 rings (SSSR count). The van der Waals surface area contributed by atoms with Gasteiger partial charge in [-0.25, -0.2) is 0 Å². The zero-order chi connectivity index (χ0) is 19.3. The van der Waals surface area contributed by atoms with Crippen molar-refractivity contribution >= 4 is 11.9 Å². The van der Waals surface area contributed by atoms with Crippen LogP contribution in [0.2, 0.25) is 0 Å².